The standard InChI is InChI=1S/C19H31NO3/c1-3-13(2)19(23-18(21)20-9-5-4-6-10-20)11-14-15(12-19)17-8-7-16(14)22-17/h13-17H,3-12H2,1-2H3. The molecule has 1 amide bonds. The van der Waals surface area contributed by atoms with Crippen LogP contribution in [0.15, 0.2) is 0 Å². The van der Waals surface area contributed by atoms with Crippen LogP contribution in [0.25, 0.3) is 0 Å². The molecular weight excluding hydrogens is 290 g/mol. The first kappa shape index (κ1) is 15.7. The van der Waals surface area contributed by atoms with Gasteiger partial charge in [0.25, 0.3) is 0 Å². The zero-order valence-electron chi connectivity index (χ0n) is 14.6. The van der Waals surface area contributed by atoms with E-state index in [1.165, 1.54) is 19.3 Å². The molecular formula is C19H31NO3. The summed E-state index contributed by atoms with van der Waals surface area (Å²) in [7, 11) is 0. The summed E-state index contributed by atoms with van der Waals surface area (Å²) in [6.45, 7) is 6.24. The summed E-state index contributed by atoms with van der Waals surface area (Å²) in [6, 6.07) is 0. The van der Waals surface area contributed by atoms with Gasteiger partial charge < -0.3 is 14.4 Å². The molecule has 130 valence electrons. The quantitative estimate of drug-likeness (QED) is 0.789. The molecule has 0 aromatic rings. The van der Waals surface area contributed by atoms with Gasteiger partial charge in [0.2, 0.25) is 0 Å². The van der Waals surface area contributed by atoms with E-state index in [4.69, 9.17) is 9.47 Å². The molecule has 2 bridgehead atoms. The second-order valence-electron chi connectivity index (χ2n) is 8.32. The maximum absolute atomic E-state index is 12.8. The van der Waals surface area contributed by atoms with Gasteiger partial charge in [-0.3, -0.25) is 0 Å². The van der Waals surface area contributed by atoms with Gasteiger partial charge in [-0.2, -0.15) is 0 Å². The minimum absolute atomic E-state index is 0.0572. The third-order valence-electron chi connectivity index (χ3n) is 7.17. The van der Waals surface area contributed by atoms with Crippen molar-refractivity contribution in [1.29, 1.82) is 0 Å². The number of fused-ring (bicyclic) bond motifs is 5. The summed E-state index contributed by atoms with van der Waals surface area (Å²) in [5, 5.41) is 0. The van der Waals surface area contributed by atoms with Crippen LogP contribution in [0.2, 0.25) is 0 Å². The number of hydrogen-bond donors (Lipinski definition) is 0. The monoisotopic (exact) mass is 321 g/mol. The average Bonchev–Trinajstić information content (AvgIpc) is 3.26. The largest absolute Gasteiger partial charge is 0.442 e. The molecule has 23 heavy (non-hydrogen) atoms. The van der Waals surface area contributed by atoms with Crippen LogP contribution in [0.5, 0.6) is 0 Å². The van der Waals surface area contributed by atoms with E-state index in [9.17, 15) is 4.79 Å². The highest BCUT2D eigenvalue weighted by molar-refractivity contribution is 5.68. The van der Waals surface area contributed by atoms with E-state index in [1.807, 2.05) is 4.90 Å². The Balaban J connectivity index is 1.50. The van der Waals surface area contributed by atoms with Gasteiger partial charge in [-0.1, -0.05) is 13.8 Å². The molecule has 3 aliphatic heterocycles. The summed E-state index contributed by atoms with van der Waals surface area (Å²) in [5.74, 6) is 1.68. The maximum Gasteiger partial charge on any atom is 0.410 e. The number of carbonyl (C=O) groups is 1. The second-order valence-corrected chi connectivity index (χ2v) is 8.32. The summed E-state index contributed by atoms with van der Waals surface area (Å²) < 4.78 is 12.4. The van der Waals surface area contributed by atoms with Crippen LogP contribution in [0.3, 0.4) is 0 Å². The Labute approximate surface area is 139 Å². The molecule has 0 aromatic heterocycles. The number of carbonyl (C=O) groups excluding carboxylic acids is 1. The molecule has 4 heteroatoms. The minimum Gasteiger partial charge on any atom is -0.442 e. The molecule has 3 heterocycles. The van der Waals surface area contributed by atoms with Crippen molar-refractivity contribution in [3.63, 3.8) is 0 Å². The topological polar surface area (TPSA) is 38.8 Å². The van der Waals surface area contributed by atoms with Crippen molar-refractivity contribution in [2.24, 2.45) is 17.8 Å². The van der Waals surface area contributed by atoms with Crippen molar-refractivity contribution in [3.05, 3.63) is 0 Å². The fourth-order valence-corrected chi connectivity index (χ4v) is 5.59. The number of likely N-dealkylation sites (tertiary alicyclic amines) is 1. The summed E-state index contributed by atoms with van der Waals surface area (Å²) in [5.41, 5.74) is -0.247. The van der Waals surface area contributed by atoms with Crippen molar-refractivity contribution in [2.45, 2.75) is 83.0 Å². The van der Waals surface area contributed by atoms with E-state index in [2.05, 4.69) is 13.8 Å². The Hall–Kier alpha value is -0.770. The fraction of sp³-hybridized carbons (Fsp3) is 0.947. The molecule has 4 rings (SSSR count). The van der Waals surface area contributed by atoms with E-state index in [1.54, 1.807) is 0 Å². The van der Waals surface area contributed by atoms with Crippen LogP contribution in [-0.4, -0.2) is 41.9 Å². The molecule has 0 aromatic carbocycles. The molecule has 3 saturated heterocycles. The van der Waals surface area contributed by atoms with E-state index >= 15 is 0 Å². The first-order chi connectivity index (χ1) is 11.1. The SMILES string of the molecule is CCC(C)C1(OC(=O)N2CCCCC2)CC2C3CCC(O3)C2C1. The zero-order chi connectivity index (χ0) is 16.0. The van der Waals surface area contributed by atoms with Gasteiger partial charge in [-0.05, 0) is 69.1 Å². The van der Waals surface area contributed by atoms with Crippen LogP contribution in [0.4, 0.5) is 4.79 Å². The Morgan fingerprint density at radius 3 is 2.35 bits per heavy atom. The number of ether oxygens (including phenoxy) is 2. The predicted octanol–water partition coefficient (Wildman–Crippen LogP) is 3.98. The Morgan fingerprint density at radius 2 is 1.78 bits per heavy atom. The summed E-state index contributed by atoms with van der Waals surface area (Å²) in [6.07, 6.45) is 9.83. The van der Waals surface area contributed by atoms with Gasteiger partial charge >= 0.3 is 6.09 Å². The Bertz CT molecular complexity index is 442. The first-order valence-electron chi connectivity index (χ1n) is 9.76. The lowest BCUT2D eigenvalue weighted by Crippen LogP contribution is -2.46. The average molecular weight is 321 g/mol. The van der Waals surface area contributed by atoms with Gasteiger partial charge in [0.1, 0.15) is 5.60 Å². The number of hydrogen-bond acceptors (Lipinski definition) is 3. The summed E-state index contributed by atoms with van der Waals surface area (Å²) >= 11 is 0. The van der Waals surface area contributed by atoms with Crippen LogP contribution in [0, 0.1) is 17.8 Å². The smallest absolute Gasteiger partial charge is 0.410 e. The van der Waals surface area contributed by atoms with Crippen molar-refractivity contribution in [1.82, 2.24) is 4.90 Å². The van der Waals surface area contributed by atoms with Gasteiger partial charge in [0, 0.05) is 13.1 Å². The molecule has 0 radical (unpaired) electrons. The van der Waals surface area contributed by atoms with Crippen molar-refractivity contribution in [3.8, 4) is 0 Å². The minimum atomic E-state index is -0.247. The zero-order valence-corrected chi connectivity index (χ0v) is 14.6. The molecule has 5 atom stereocenters. The van der Waals surface area contributed by atoms with Crippen molar-refractivity contribution in [2.75, 3.05) is 13.1 Å². The number of amides is 1. The summed E-state index contributed by atoms with van der Waals surface area (Å²) in [4.78, 5) is 14.7. The van der Waals surface area contributed by atoms with Gasteiger partial charge in [-0.15, -0.1) is 0 Å². The van der Waals surface area contributed by atoms with Gasteiger partial charge in [0.05, 0.1) is 12.2 Å². The van der Waals surface area contributed by atoms with Crippen LogP contribution in [0.1, 0.15) is 65.2 Å². The first-order valence-corrected chi connectivity index (χ1v) is 9.76. The van der Waals surface area contributed by atoms with Crippen molar-refractivity contribution < 1.29 is 14.3 Å². The molecule has 1 saturated carbocycles. The Morgan fingerprint density at radius 1 is 1.17 bits per heavy atom. The second kappa shape index (κ2) is 5.94. The normalized spacial score (nSPS) is 43.5. The van der Waals surface area contributed by atoms with E-state index < -0.39 is 0 Å². The van der Waals surface area contributed by atoms with Crippen LogP contribution < -0.4 is 0 Å². The lowest BCUT2D eigenvalue weighted by molar-refractivity contribution is -0.0599. The highest BCUT2D eigenvalue weighted by Crippen LogP contribution is 2.58. The van der Waals surface area contributed by atoms with Gasteiger partial charge in [-0.25, -0.2) is 4.79 Å². The molecule has 4 nitrogen and oxygen atoms in total. The fourth-order valence-electron chi connectivity index (χ4n) is 5.59. The molecule has 0 N–H and O–H groups in total. The molecule has 4 aliphatic rings. The number of piperidine rings is 1. The van der Waals surface area contributed by atoms with E-state index in [0.717, 1.165) is 45.2 Å². The molecule has 5 unspecified atom stereocenters. The van der Waals surface area contributed by atoms with Crippen molar-refractivity contribution >= 4 is 6.09 Å². The third-order valence-corrected chi connectivity index (χ3v) is 7.17. The molecule has 4 fully saturated rings. The third kappa shape index (κ3) is 2.57. The molecule has 1 aliphatic carbocycles. The Kier molecular flexibility index (Phi) is 4.07. The van der Waals surface area contributed by atoms with Crippen LogP contribution in [-0.2, 0) is 9.47 Å². The number of rotatable bonds is 3. The lowest BCUT2D eigenvalue weighted by Gasteiger charge is -2.38. The van der Waals surface area contributed by atoms with Crippen LogP contribution >= 0.6 is 0 Å². The lowest BCUT2D eigenvalue weighted by atomic mass is 9.82. The predicted molar refractivity (Wildman–Crippen MR) is 88.2 cm³/mol. The highest BCUT2D eigenvalue weighted by Gasteiger charge is 2.60. The van der Waals surface area contributed by atoms with E-state index in [0.29, 0.717) is 30.0 Å². The molecule has 0 spiro atoms. The van der Waals surface area contributed by atoms with Gasteiger partial charge in [0.15, 0.2) is 0 Å². The number of nitrogens with zero attached hydrogens (tertiary/aromatic N) is 1. The highest BCUT2D eigenvalue weighted by atomic mass is 16.6. The maximum atomic E-state index is 12.8. The van der Waals surface area contributed by atoms with E-state index in [-0.39, 0.29) is 11.7 Å².